The topological polar surface area (TPSA) is 78.4 Å². The molecule has 1 saturated heterocycles. The van der Waals surface area contributed by atoms with Crippen molar-refractivity contribution in [2.45, 2.75) is 12.5 Å². The average Bonchev–Trinajstić information content (AvgIpc) is 2.08. The van der Waals surface area contributed by atoms with E-state index >= 15 is 0 Å². The first-order valence-corrected chi connectivity index (χ1v) is 3.04. The van der Waals surface area contributed by atoms with Gasteiger partial charge in [-0.05, 0) is 13.0 Å². The molecule has 1 aliphatic rings. The minimum atomic E-state index is -1.11. The van der Waals surface area contributed by atoms with Gasteiger partial charge in [0.2, 0.25) is 0 Å². The number of nitrogens with one attached hydrogen (secondary N) is 2. The lowest BCUT2D eigenvalue weighted by molar-refractivity contribution is -0.122. The summed E-state index contributed by atoms with van der Waals surface area (Å²) in [6.45, 7) is 1.49. The molecule has 0 radical (unpaired) electrons. The van der Waals surface area contributed by atoms with E-state index in [0.29, 0.717) is 0 Å². The summed E-state index contributed by atoms with van der Waals surface area (Å²) in [6, 6.07) is -0.546. The van der Waals surface area contributed by atoms with E-state index in [2.05, 4.69) is 5.32 Å². The lowest BCUT2D eigenvalue weighted by Crippen LogP contribution is -2.41. The second-order valence-electron chi connectivity index (χ2n) is 2.43. The zero-order valence-corrected chi connectivity index (χ0v) is 5.92. The number of urea groups is 1. The van der Waals surface area contributed by atoms with Gasteiger partial charge in [-0.25, -0.2) is 4.79 Å². The largest absolute Gasteiger partial charge is 0.516 e. The van der Waals surface area contributed by atoms with Crippen molar-refractivity contribution >= 4 is 11.9 Å². The van der Waals surface area contributed by atoms with Gasteiger partial charge in [0.1, 0.15) is 5.54 Å². The highest BCUT2D eigenvalue weighted by Crippen LogP contribution is 2.10. The van der Waals surface area contributed by atoms with Crippen LogP contribution in [0, 0.1) is 0 Å². The van der Waals surface area contributed by atoms with Crippen LogP contribution in [0.3, 0.4) is 0 Å². The Morgan fingerprint density at radius 1 is 1.55 bits per heavy atom. The fourth-order valence-corrected chi connectivity index (χ4v) is 0.823. The van der Waals surface area contributed by atoms with Crippen LogP contribution in [0.5, 0.6) is 0 Å². The van der Waals surface area contributed by atoms with Crippen LogP contribution in [-0.4, -0.2) is 22.6 Å². The minimum Gasteiger partial charge on any atom is -0.516 e. The van der Waals surface area contributed by atoms with E-state index in [1.54, 1.807) is 0 Å². The third-order valence-electron chi connectivity index (χ3n) is 1.48. The molecule has 1 unspecified atom stereocenters. The summed E-state index contributed by atoms with van der Waals surface area (Å²) in [7, 11) is 0. The molecule has 3 amide bonds. The van der Waals surface area contributed by atoms with E-state index in [1.807, 2.05) is 5.32 Å². The maximum atomic E-state index is 10.9. The first kappa shape index (κ1) is 7.59. The zero-order valence-electron chi connectivity index (χ0n) is 5.92. The molecule has 0 aliphatic carbocycles. The van der Waals surface area contributed by atoms with Gasteiger partial charge in [0.25, 0.3) is 5.91 Å². The Kier molecular flexibility index (Phi) is 1.56. The van der Waals surface area contributed by atoms with Crippen molar-refractivity contribution in [3.05, 3.63) is 12.3 Å². The predicted octanol–water partition coefficient (Wildman–Crippen LogP) is -0.344. The van der Waals surface area contributed by atoms with Gasteiger partial charge in [0.05, 0.1) is 6.26 Å². The Bertz CT molecular complexity index is 236. The number of rotatable bonds is 1. The molecule has 0 aromatic rings. The van der Waals surface area contributed by atoms with E-state index in [4.69, 9.17) is 5.11 Å². The fourth-order valence-electron chi connectivity index (χ4n) is 0.823. The van der Waals surface area contributed by atoms with Crippen molar-refractivity contribution in [1.29, 1.82) is 0 Å². The third-order valence-corrected chi connectivity index (χ3v) is 1.48. The summed E-state index contributed by atoms with van der Waals surface area (Å²) in [5, 5.41) is 12.8. The van der Waals surface area contributed by atoms with E-state index in [0.717, 1.165) is 6.26 Å². The standard InChI is InChI=1S/C6H8N2O3/c1-6(2-3-9)4(10)7-5(11)8-6/h2-3,9H,1H3,(H2,7,8,10,11)/b3-2+. The Hall–Kier alpha value is -1.52. The highest BCUT2D eigenvalue weighted by molar-refractivity contribution is 6.07. The van der Waals surface area contributed by atoms with Crippen LogP contribution in [0.25, 0.3) is 0 Å². The fraction of sp³-hybridized carbons (Fsp3) is 0.333. The first-order valence-electron chi connectivity index (χ1n) is 3.04. The van der Waals surface area contributed by atoms with Gasteiger partial charge in [0, 0.05) is 0 Å². The van der Waals surface area contributed by atoms with Gasteiger partial charge in [-0.15, -0.1) is 0 Å². The summed E-state index contributed by atoms with van der Waals surface area (Å²) in [5.41, 5.74) is -1.11. The number of carbonyl (C=O) groups is 2. The van der Waals surface area contributed by atoms with Gasteiger partial charge in [-0.3, -0.25) is 10.1 Å². The summed E-state index contributed by atoms with van der Waals surface area (Å²) in [6.07, 6.45) is 1.93. The monoisotopic (exact) mass is 156 g/mol. The van der Waals surface area contributed by atoms with Crippen molar-refractivity contribution in [3.63, 3.8) is 0 Å². The number of hydrogen-bond acceptors (Lipinski definition) is 3. The van der Waals surface area contributed by atoms with Gasteiger partial charge in [-0.2, -0.15) is 0 Å². The molecule has 1 aliphatic heterocycles. The smallest absolute Gasteiger partial charge is 0.322 e. The average molecular weight is 156 g/mol. The molecule has 0 spiro atoms. The summed E-state index contributed by atoms with van der Waals surface area (Å²) < 4.78 is 0. The highest BCUT2D eigenvalue weighted by Gasteiger charge is 2.39. The maximum absolute atomic E-state index is 10.9. The highest BCUT2D eigenvalue weighted by atomic mass is 16.2. The molecule has 5 heteroatoms. The minimum absolute atomic E-state index is 0.465. The van der Waals surface area contributed by atoms with Gasteiger partial charge >= 0.3 is 6.03 Å². The van der Waals surface area contributed by atoms with E-state index in [-0.39, 0.29) is 0 Å². The van der Waals surface area contributed by atoms with Crippen LogP contribution in [0.1, 0.15) is 6.92 Å². The lowest BCUT2D eigenvalue weighted by atomic mass is 10.0. The molecule has 1 atom stereocenters. The second kappa shape index (κ2) is 2.26. The molecular weight excluding hydrogens is 148 g/mol. The van der Waals surface area contributed by atoms with Crippen molar-refractivity contribution < 1.29 is 14.7 Å². The van der Waals surface area contributed by atoms with E-state index in [1.165, 1.54) is 13.0 Å². The van der Waals surface area contributed by atoms with E-state index < -0.39 is 17.5 Å². The maximum Gasteiger partial charge on any atom is 0.322 e. The normalized spacial score (nSPS) is 30.6. The SMILES string of the molecule is CC1(/C=C/O)NC(=O)NC1=O. The molecule has 5 nitrogen and oxygen atoms in total. The van der Waals surface area contributed by atoms with Crippen molar-refractivity contribution in [2.75, 3.05) is 0 Å². The molecule has 1 fully saturated rings. The van der Waals surface area contributed by atoms with Crippen LogP contribution >= 0.6 is 0 Å². The third kappa shape index (κ3) is 1.17. The van der Waals surface area contributed by atoms with Gasteiger partial charge < -0.3 is 10.4 Å². The number of aliphatic hydroxyl groups excluding tert-OH is 1. The molecule has 11 heavy (non-hydrogen) atoms. The number of imide groups is 1. The van der Waals surface area contributed by atoms with Crippen LogP contribution in [0.2, 0.25) is 0 Å². The Morgan fingerprint density at radius 3 is 2.55 bits per heavy atom. The number of aliphatic hydroxyl groups is 1. The van der Waals surface area contributed by atoms with Crippen LogP contribution < -0.4 is 10.6 Å². The molecule has 0 bridgehead atoms. The predicted molar refractivity (Wildman–Crippen MR) is 36.8 cm³/mol. The van der Waals surface area contributed by atoms with Crippen molar-refractivity contribution in [1.82, 2.24) is 10.6 Å². The molecule has 0 aromatic carbocycles. The van der Waals surface area contributed by atoms with Crippen LogP contribution in [-0.2, 0) is 4.79 Å². The molecule has 1 rings (SSSR count). The van der Waals surface area contributed by atoms with Crippen molar-refractivity contribution in [2.24, 2.45) is 0 Å². The molecule has 1 heterocycles. The first-order chi connectivity index (χ1) is 5.08. The van der Waals surface area contributed by atoms with Crippen LogP contribution in [0.15, 0.2) is 12.3 Å². The number of amides is 3. The van der Waals surface area contributed by atoms with Gasteiger partial charge in [-0.1, -0.05) is 0 Å². The van der Waals surface area contributed by atoms with Gasteiger partial charge in [0.15, 0.2) is 0 Å². The summed E-state index contributed by atoms with van der Waals surface area (Å²) >= 11 is 0. The lowest BCUT2D eigenvalue weighted by Gasteiger charge is -2.13. The van der Waals surface area contributed by atoms with E-state index in [9.17, 15) is 9.59 Å². The molecule has 3 N–H and O–H groups in total. The zero-order chi connectivity index (χ0) is 8.48. The quantitative estimate of drug-likeness (QED) is 0.359. The molecule has 0 aromatic heterocycles. The number of carbonyl (C=O) groups excluding carboxylic acids is 2. The van der Waals surface area contributed by atoms with Crippen molar-refractivity contribution in [3.8, 4) is 0 Å². The Balaban J connectivity index is 2.87. The summed E-state index contributed by atoms with van der Waals surface area (Å²) in [5.74, 6) is -0.465. The Labute approximate surface area is 63.1 Å². The summed E-state index contributed by atoms with van der Waals surface area (Å²) in [4.78, 5) is 21.5. The van der Waals surface area contributed by atoms with Crippen LogP contribution in [0.4, 0.5) is 4.79 Å². The molecule has 60 valence electrons. The molecular formula is C6H8N2O3. The Morgan fingerprint density at radius 2 is 2.18 bits per heavy atom. The second-order valence-corrected chi connectivity index (χ2v) is 2.43. The number of hydrogen-bond donors (Lipinski definition) is 3. The molecule has 0 saturated carbocycles.